The Morgan fingerprint density at radius 3 is 2.46 bits per heavy atom. The number of hydrogen-bond acceptors (Lipinski definition) is 2. The molecule has 4 nitrogen and oxygen atoms in total. The van der Waals surface area contributed by atoms with E-state index in [2.05, 4.69) is 0 Å². The van der Waals surface area contributed by atoms with Gasteiger partial charge in [0.1, 0.15) is 0 Å². The molecule has 0 saturated carbocycles. The van der Waals surface area contributed by atoms with Crippen molar-refractivity contribution >= 4 is 17.5 Å². The third-order valence-corrected chi connectivity index (χ3v) is 4.49. The van der Waals surface area contributed by atoms with Crippen molar-refractivity contribution in [1.29, 1.82) is 0 Å². The van der Waals surface area contributed by atoms with Crippen molar-refractivity contribution in [2.75, 3.05) is 11.4 Å². The van der Waals surface area contributed by atoms with E-state index in [-0.39, 0.29) is 6.04 Å². The molecule has 0 bridgehead atoms. The van der Waals surface area contributed by atoms with Crippen LogP contribution >= 0.6 is 0 Å². The number of benzene rings is 2. The molecular weight excluding hydrogens is 300 g/mol. The van der Waals surface area contributed by atoms with Crippen molar-refractivity contribution in [2.24, 2.45) is 0 Å². The first-order valence-electron chi connectivity index (χ1n) is 8.36. The summed E-state index contributed by atoms with van der Waals surface area (Å²) in [7, 11) is 0. The van der Waals surface area contributed by atoms with Gasteiger partial charge in [-0.2, -0.15) is 0 Å². The Balaban J connectivity index is 1.80. The van der Waals surface area contributed by atoms with Crippen LogP contribution in [0, 0.1) is 0 Å². The molecule has 0 saturated heterocycles. The van der Waals surface area contributed by atoms with E-state index < -0.39 is 11.8 Å². The maximum absolute atomic E-state index is 12.8. The van der Waals surface area contributed by atoms with Crippen LogP contribution < -0.4 is 4.90 Å². The number of likely N-dealkylation sites (N-methyl/N-ethyl adjacent to an activating group) is 1. The summed E-state index contributed by atoms with van der Waals surface area (Å²) < 4.78 is 0. The number of hydrogen-bond donors (Lipinski definition) is 0. The normalized spacial score (nSPS) is 15.9. The number of amides is 2. The van der Waals surface area contributed by atoms with Crippen LogP contribution in [-0.2, 0) is 22.6 Å². The SMILES string of the molecule is CCN(Cc1ccccc1)C(=O)C(=O)N1c2ccccc2CC1C. The van der Waals surface area contributed by atoms with E-state index in [0.717, 1.165) is 23.2 Å². The number of carbonyl (C=O) groups is 2. The van der Waals surface area contributed by atoms with Crippen LogP contribution in [0.15, 0.2) is 54.6 Å². The lowest BCUT2D eigenvalue weighted by molar-refractivity contribution is -0.144. The fourth-order valence-electron chi connectivity index (χ4n) is 3.24. The molecule has 0 fully saturated rings. The molecule has 2 aromatic carbocycles. The standard InChI is InChI=1S/C20H22N2O2/c1-3-21(14-16-9-5-4-6-10-16)19(23)20(24)22-15(2)13-17-11-7-8-12-18(17)22/h4-12,15H,3,13-14H2,1-2H3. The lowest BCUT2D eigenvalue weighted by Gasteiger charge is -2.26. The Hall–Kier alpha value is -2.62. The summed E-state index contributed by atoms with van der Waals surface area (Å²) in [6.45, 7) is 4.84. The first-order chi connectivity index (χ1) is 11.6. The fourth-order valence-corrected chi connectivity index (χ4v) is 3.24. The van der Waals surface area contributed by atoms with Gasteiger partial charge in [-0.15, -0.1) is 0 Å². The van der Waals surface area contributed by atoms with Gasteiger partial charge in [0.25, 0.3) is 0 Å². The van der Waals surface area contributed by atoms with Gasteiger partial charge in [0.15, 0.2) is 0 Å². The van der Waals surface area contributed by atoms with Gasteiger partial charge in [-0.1, -0.05) is 48.5 Å². The smallest absolute Gasteiger partial charge is 0.316 e. The van der Waals surface area contributed by atoms with Crippen LogP contribution in [0.2, 0.25) is 0 Å². The van der Waals surface area contributed by atoms with Crippen LogP contribution in [0.3, 0.4) is 0 Å². The molecule has 0 radical (unpaired) electrons. The van der Waals surface area contributed by atoms with Crippen LogP contribution in [0.4, 0.5) is 5.69 Å². The molecule has 2 amide bonds. The molecule has 1 heterocycles. The molecule has 24 heavy (non-hydrogen) atoms. The maximum Gasteiger partial charge on any atom is 0.316 e. The quantitative estimate of drug-likeness (QED) is 0.815. The first kappa shape index (κ1) is 16.2. The van der Waals surface area contributed by atoms with Crippen LogP contribution in [-0.4, -0.2) is 29.3 Å². The Morgan fingerprint density at radius 1 is 1.08 bits per heavy atom. The van der Waals surface area contributed by atoms with Gasteiger partial charge in [0.2, 0.25) is 0 Å². The van der Waals surface area contributed by atoms with Gasteiger partial charge in [0, 0.05) is 24.8 Å². The number of nitrogens with zero attached hydrogens (tertiary/aromatic N) is 2. The van der Waals surface area contributed by atoms with Crippen molar-refractivity contribution in [2.45, 2.75) is 32.9 Å². The molecule has 4 heteroatoms. The minimum absolute atomic E-state index is 0.00859. The van der Waals surface area contributed by atoms with E-state index in [1.54, 1.807) is 9.80 Å². The van der Waals surface area contributed by atoms with Crippen molar-refractivity contribution in [3.8, 4) is 0 Å². The van der Waals surface area contributed by atoms with E-state index in [4.69, 9.17) is 0 Å². The second kappa shape index (κ2) is 6.87. The molecule has 0 aliphatic carbocycles. The lowest BCUT2D eigenvalue weighted by atomic mass is 10.1. The minimum Gasteiger partial charge on any atom is -0.330 e. The number of carbonyl (C=O) groups excluding carboxylic acids is 2. The molecule has 0 N–H and O–H groups in total. The highest BCUT2D eigenvalue weighted by atomic mass is 16.2. The Morgan fingerprint density at radius 2 is 1.75 bits per heavy atom. The molecule has 0 spiro atoms. The summed E-state index contributed by atoms with van der Waals surface area (Å²) in [5.74, 6) is -0.880. The zero-order valence-electron chi connectivity index (χ0n) is 14.1. The van der Waals surface area contributed by atoms with Gasteiger partial charge in [0.05, 0.1) is 0 Å². The lowest BCUT2D eigenvalue weighted by Crippen LogP contribution is -2.47. The van der Waals surface area contributed by atoms with Crippen LogP contribution in [0.25, 0.3) is 0 Å². The number of anilines is 1. The van der Waals surface area contributed by atoms with E-state index in [9.17, 15) is 9.59 Å². The summed E-state index contributed by atoms with van der Waals surface area (Å²) in [5, 5.41) is 0. The molecule has 1 atom stereocenters. The molecule has 3 rings (SSSR count). The summed E-state index contributed by atoms with van der Waals surface area (Å²) >= 11 is 0. The second-order valence-electron chi connectivity index (χ2n) is 6.16. The van der Waals surface area contributed by atoms with E-state index in [1.807, 2.05) is 68.4 Å². The van der Waals surface area contributed by atoms with Crippen LogP contribution in [0.1, 0.15) is 25.0 Å². The average Bonchev–Trinajstić information content (AvgIpc) is 2.95. The Kier molecular flexibility index (Phi) is 4.65. The zero-order chi connectivity index (χ0) is 17.1. The second-order valence-corrected chi connectivity index (χ2v) is 6.16. The molecule has 1 aliphatic heterocycles. The maximum atomic E-state index is 12.8. The molecule has 2 aromatic rings. The van der Waals surface area contributed by atoms with Gasteiger partial charge in [-0.25, -0.2) is 0 Å². The largest absolute Gasteiger partial charge is 0.330 e. The van der Waals surface area contributed by atoms with Gasteiger partial charge < -0.3 is 9.80 Å². The molecular formula is C20H22N2O2. The minimum atomic E-state index is -0.440. The molecule has 1 aliphatic rings. The molecule has 124 valence electrons. The topological polar surface area (TPSA) is 40.6 Å². The van der Waals surface area contributed by atoms with Gasteiger partial charge in [-0.3, -0.25) is 9.59 Å². The van der Waals surface area contributed by atoms with Crippen molar-refractivity contribution in [3.05, 3.63) is 65.7 Å². The average molecular weight is 322 g/mol. The molecule has 0 aromatic heterocycles. The highest BCUT2D eigenvalue weighted by Gasteiger charge is 2.35. The highest BCUT2D eigenvalue weighted by molar-refractivity contribution is 6.40. The highest BCUT2D eigenvalue weighted by Crippen LogP contribution is 2.32. The van der Waals surface area contributed by atoms with E-state index >= 15 is 0 Å². The van der Waals surface area contributed by atoms with E-state index in [1.165, 1.54) is 0 Å². The van der Waals surface area contributed by atoms with Crippen molar-refractivity contribution in [1.82, 2.24) is 4.90 Å². The predicted molar refractivity (Wildman–Crippen MR) is 94.6 cm³/mol. The Bertz CT molecular complexity index is 742. The fraction of sp³-hybridized carbons (Fsp3) is 0.300. The van der Waals surface area contributed by atoms with Crippen molar-refractivity contribution in [3.63, 3.8) is 0 Å². The molecule has 1 unspecified atom stereocenters. The third-order valence-electron chi connectivity index (χ3n) is 4.49. The summed E-state index contributed by atoms with van der Waals surface area (Å²) in [6, 6.07) is 17.6. The first-order valence-corrected chi connectivity index (χ1v) is 8.36. The number of para-hydroxylation sites is 1. The monoisotopic (exact) mass is 322 g/mol. The summed E-state index contributed by atoms with van der Waals surface area (Å²) in [5.41, 5.74) is 3.01. The zero-order valence-corrected chi connectivity index (χ0v) is 14.1. The van der Waals surface area contributed by atoms with Crippen molar-refractivity contribution < 1.29 is 9.59 Å². The van der Waals surface area contributed by atoms with Crippen LogP contribution in [0.5, 0.6) is 0 Å². The third kappa shape index (κ3) is 3.04. The summed E-state index contributed by atoms with van der Waals surface area (Å²) in [6.07, 6.45) is 0.792. The number of fused-ring (bicyclic) bond motifs is 1. The number of rotatable bonds is 3. The summed E-state index contributed by atoms with van der Waals surface area (Å²) in [4.78, 5) is 28.8. The van der Waals surface area contributed by atoms with Gasteiger partial charge in [-0.05, 0) is 37.5 Å². The Labute approximate surface area is 142 Å². The predicted octanol–water partition coefficient (Wildman–Crippen LogP) is 3.01. The van der Waals surface area contributed by atoms with Gasteiger partial charge >= 0.3 is 11.8 Å². The van der Waals surface area contributed by atoms with E-state index in [0.29, 0.717) is 13.1 Å².